The predicted octanol–water partition coefficient (Wildman–Crippen LogP) is 3.75. The highest BCUT2D eigenvalue weighted by Gasteiger charge is 2.21. The Morgan fingerprint density at radius 3 is 2.65 bits per heavy atom. The molecule has 1 aliphatic heterocycles. The molecule has 1 amide bonds. The fourth-order valence-electron chi connectivity index (χ4n) is 3.33. The van der Waals surface area contributed by atoms with Crippen molar-refractivity contribution in [1.29, 1.82) is 0 Å². The number of aromatic nitrogens is 1. The van der Waals surface area contributed by atoms with Gasteiger partial charge < -0.3 is 10.2 Å². The minimum absolute atomic E-state index is 0.129. The molecule has 1 aromatic heterocycles. The summed E-state index contributed by atoms with van der Waals surface area (Å²) in [5.41, 5.74) is 4.18. The molecule has 3 aromatic rings. The van der Waals surface area contributed by atoms with Crippen LogP contribution in [0.1, 0.15) is 21.6 Å². The largest absolute Gasteiger partial charge is 0.350 e. The van der Waals surface area contributed by atoms with Gasteiger partial charge in [-0.2, -0.15) is 0 Å². The number of benzene rings is 2. The average Bonchev–Trinajstić information content (AvgIpc) is 3.13. The molecule has 0 bridgehead atoms. The molecule has 4 heteroatoms. The van der Waals surface area contributed by atoms with Crippen LogP contribution in [0.15, 0.2) is 72.8 Å². The fraction of sp³-hybridized carbons (Fsp3) is 0.182. The number of pyridine rings is 1. The molecule has 0 atom stereocenters. The lowest BCUT2D eigenvalue weighted by molar-refractivity contribution is 0.0949. The van der Waals surface area contributed by atoms with Crippen LogP contribution in [0.4, 0.5) is 11.5 Å². The summed E-state index contributed by atoms with van der Waals surface area (Å²) in [7, 11) is 0. The van der Waals surface area contributed by atoms with Crippen LogP contribution in [-0.4, -0.2) is 24.0 Å². The first-order valence-electron chi connectivity index (χ1n) is 8.96. The smallest absolute Gasteiger partial charge is 0.269 e. The van der Waals surface area contributed by atoms with Gasteiger partial charge in [0.1, 0.15) is 11.5 Å². The van der Waals surface area contributed by atoms with E-state index in [1.807, 2.05) is 36.4 Å². The van der Waals surface area contributed by atoms with E-state index >= 15 is 0 Å². The molecular weight excluding hydrogens is 322 g/mol. The maximum atomic E-state index is 12.5. The van der Waals surface area contributed by atoms with Gasteiger partial charge in [-0.15, -0.1) is 0 Å². The highest BCUT2D eigenvalue weighted by atomic mass is 16.1. The summed E-state index contributed by atoms with van der Waals surface area (Å²) in [5, 5.41) is 2.96. The fourth-order valence-corrected chi connectivity index (χ4v) is 3.33. The Bertz CT molecular complexity index is 908. The van der Waals surface area contributed by atoms with Gasteiger partial charge in [0.25, 0.3) is 5.91 Å². The van der Waals surface area contributed by atoms with Gasteiger partial charge in [-0.05, 0) is 42.2 Å². The third-order valence-corrected chi connectivity index (χ3v) is 4.67. The number of nitrogens with zero attached hydrogens (tertiary/aromatic N) is 2. The molecule has 0 saturated carbocycles. The number of anilines is 2. The SMILES string of the molecule is O=C(NCCc1ccccc1)c1cccc(N2CCc3ccccc32)n1. The molecule has 0 saturated heterocycles. The molecule has 1 aliphatic rings. The third-order valence-electron chi connectivity index (χ3n) is 4.67. The summed E-state index contributed by atoms with van der Waals surface area (Å²) in [6.45, 7) is 1.49. The molecule has 4 nitrogen and oxygen atoms in total. The van der Waals surface area contributed by atoms with E-state index in [1.165, 1.54) is 16.8 Å². The number of hydrogen-bond acceptors (Lipinski definition) is 3. The van der Waals surface area contributed by atoms with Crippen molar-refractivity contribution < 1.29 is 4.79 Å². The van der Waals surface area contributed by atoms with Crippen molar-refractivity contribution in [1.82, 2.24) is 10.3 Å². The highest BCUT2D eigenvalue weighted by molar-refractivity contribution is 5.92. The van der Waals surface area contributed by atoms with E-state index in [-0.39, 0.29) is 5.91 Å². The Morgan fingerprint density at radius 2 is 1.77 bits per heavy atom. The quantitative estimate of drug-likeness (QED) is 0.767. The molecule has 0 unspecified atom stereocenters. The average molecular weight is 343 g/mol. The van der Waals surface area contributed by atoms with Crippen molar-refractivity contribution in [3.05, 3.63) is 89.6 Å². The van der Waals surface area contributed by atoms with E-state index in [0.29, 0.717) is 12.2 Å². The van der Waals surface area contributed by atoms with E-state index in [9.17, 15) is 4.79 Å². The van der Waals surface area contributed by atoms with Crippen LogP contribution in [0.3, 0.4) is 0 Å². The maximum absolute atomic E-state index is 12.5. The second-order valence-electron chi connectivity index (χ2n) is 6.40. The second kappa shape index (κ2) is 7.40. The number of carbonyl (C=O) groups excluding carboxylic acids is 1. The molecule has 0 spiro atoms. The summed E-state index contributed by atoms with van der Waals surface area (Å²) >= 11 is 0. The van der Waals surface area contributed by atoms with Crippen molar-refractivity contribution in [2.24, 2.45) is 0 Å². The molecule has 26 heavy (non-hydrogen) atoms. The Morgan fingerprint density at radius 1 is 0.962 bits per heavy atom. The molecule has 130 valence electrons. The zero-order valence-electron chi connectivity index (χ0n) is 14.6. The summed E-state index contributed by atoms with van der Waals surface area (Å²) < 4.78 is 0. The van der Waals surface area contributed by atoms with Crippen LogP contribution in [0.2, 0.25) is 0 Å². The van der Waals surface area contributed by atoms with Crippen LogP contribution >= 0.6 is 0 Å². The number of hydrogen-bond donors (Lipinski definition) is 1. The monoisotopic (exact) mass is 343 g/mol. The molecule has 0 radical (unpaired) electrons. The molecule has 4 rings (SSSR count). The lowest BCUT2D eigenvalue weighted by atomic mass is 10.1. The summed E-state index contributed by atoms with van der Waals surface area (Å²) in [6, 6.07) is 24.1. The normalized spacial score (nSPS) is 12.7. The van der Waals surface area contributed by atoms with E-state index < -0.39 is 0 Å². The van der Waals surface area contributed by atoms with Crippen molar-refractivity contribution in [3.8, 4) is 0 Å². The van der Waals surface area contributed by atoms with Crippen LogP contribution in [0.25, 0.3) is 0 Å². The predicted molar refractivity (Wildman–Crippen MR) is 104 cm³/mol. The lowest BCUT2D eigenvalue weighted by Crippen LogP contribution is -2.27. The van der Waals surface area contributed by atoms with Gasteiger partial charge in [-0.3, -0.25) is 4.79 Å². The van der Waals surface area contributed by atoms with E-state index in [4.69, 9.17) is 0 Å². The van der Waals surface area contributed by atoms with E-state index in [2.05, 4.69) is 45.5 Å². The van der Waals surface area contributed by atoms with Crippen LogP contribution in [0.5, 0.6) is 0 Å². The molecule has 2 heterocycles. The first-order valence-corrected chi connectivity index (χ1v) is 8.96. The van der Waals surface area contributed by atoms with Crippen molar-refractivity contribution in [2.45, 2.75) is 12.8 Å². The molecule has 0 fully saturated rings. The van der Waals surface area contributed by atoms with Gasteiger partial charge in [0.15, 0.2) is 0 Å². The van der Waals surface area contributed by atoms with Crippen LogP contribution < -0.4 is 10.2 Å². The summed E-state index contributed by atoms with van der Waals surface area (Å²) in [5.74, 6) is 0.695. The van der Waals surface area contributed by atoms with Gasteiger partial charge in [0, 0.05) is 18.8 Å². The molecule has 1 N–H and O–H groups in total. The third kappa shape index (κ3) is 3.45. The molecular formula is C22H21N3O. The van der Waals surface area contributed by atoms with E-state index in [1.54, 1.807) is 6.07 Å². The lowest BCUT2D eigenvalue weighted by Gasteiger charge is -2.18. The number of nitrogens with one attached hydrogen (secondary N) is 1. The van der Waals surface area contributed by atoms with E-state index in [0.717, 1.165) is 25.2 Å². The summed E-state index contributed by atoms with van der Waals surface area (Å²) in [4.78, 5) is 19.2. The summed E-state index contributed by atoms with van der Waals surface area (Å²) in [6.07, 6.45) is 1.82. The topological polar surface area (TPSA) is 45.2 Å². The molecule has 2 aromatic carbocycles. The minimum atomic E-state index is -0.129. The van der Waals surface area contributed by atoms with Gasteiger partial charge >= 0.3 is 0 Å². The number of fused-ring (bicyclic) bond motifs is 1. The van der Waals surface area contributed by atoms with Crippen molar-refractivity contribution in [2.75, 3.05) is 18.0 Å². The first kappa shape index (κ1) is 16.3. The van der Waals surface area contributed by atoms with Crippen molar-refractivity contribution >= 4 is 17.4 Å². The number of para-hydroxylation sites is 1. The zero-order valence-corrected chi connectivity index (χ0v) is 14.6. The number of amides is 1. The van der Waals surface area contributed by atoms with Gasteiger partial charge in [-0.25, -0.2) is 4.98 Å². The Balaban J connectivity index is 1.43. The van der Waals surface area contributed by atoms with Gasteiger partial charge in [0.2, 0.25) is 0 Å². The Hall–Kier alpha value is -3.14. The standard InChI is InChI=1S/C22H21N3O/c26-22(23-15-13-17-7-2-1-3-8-17)19-10-6-12-21(24-19)25-16-14-18-9-4-5-11-20(18)25/h1-12H,13-16H2,(H,23,26). The highest BCUT2D eigenvalue weighted by Crippen LogP contribution is 2.33. The Labute approximate surface area is 153 Å². The number of carbonyl (C=O) groups is 1. The maximum Gasteiger partial charge on any atom is 0.269 e. The van der Waals surface area contributed by atoms with Gasteiger partial charge in [0.05, 0.1) is 0 Å². The number of rotatable bonds is 5. The first-order chi connectivity index (χ1) is 12.8. The van der Waals surface area contributed by atoms with Crippen LogP contribution in [0, 0.1) is 0 Å². The van der Waals surface area contributed by atoms with Crippen LogP contribution in [-0.2, 0) is 12.8 Å². The second-order valence-corrected chi connectivity index (χ2v) is 6.40. The minimum Gasteiger partial charge on any atom is -0.350 e. The van der Waals surface area contributed by atoms with Gasteiger partial charge in [-0.1, -0.05) is 54.6 Å². The van der Waals surface area contributed by atoms with Crippen molar-refractivity contribution in [3.63, 3.8) is 0 Å². The molecule has 0 aliphatic carbocycles. The zero-order chi connectivity index (χ0) is 17.8. The Kier molecular flexibility index (Phi) is 4.65.